The van der Waals surface area contributed by atoms with Crippen molar-refractivity contribution in [3.63, 3.8) is 0 Å². The third-order valence-electron chi connectivity index (χ3n) is 6.23. The van der Waals surface area contributed by atoms with E-state index in [2.05, 4.69) is 0 Å². The fourth-order valence-electron chi connectivity index (χ4n) is 4.15. The molecule has 2 aromatic rings. The minimum absolute atomic E-state index is 0.00330. The maximum absolute atomic E-state index is 13.2. The lowest BCUT2D eigenvalue weighted by Crippen LogP contribution is -2.44. The lowest BCUT2D eigenvalue weighted by atomic mass is 9.95. The van der Waals surface area contributed by atoms with Crippen LogP contribution < -0.4 is 4.74 Å². The van der Waals surface area contributed by atoms with E-state index in [-0.39, 0.29) is 41.4 Å². The van der Waals surface area contributed by atoms with Crippen LogP contribution in [0.4, 0.5) is 0 Å². The molecule has 1 amide bonds. The summed E-state index contributed by atoms with van der Waals surface area (Å²) in [7, 11) is 0.677. The topological polar surface area (TPSA) is 93.2 Å². The van der Waals surface area contributed by atoms with Crippen LogP contribution in [-0.4, -0.2) is 63.9 Å². The molecule has 8 nitrogen and oxygen atoms in total. The first-order valence-electron chi connectivity index (χ1n) is 10.8. The van der Waals surface area contributed by atoms with Crippen molar-refractivity contribution >= 4 is 21.9 Å². The minimum atomic E-state index is -3.89. The van der Waals surface area contributed by atoms with Crippen LogP contribution in [0, 0.1) is 5.92 Å². The van der Waals surface area contributed by atoms with Gasteiger partial charge in [-0.25, -0.2) is 13.2 Å². The van der Waals surface area contributed by atoms with Crippen molar-refractivity contribution in [3.05, 3.63) is 59.7 Å². The molecule has 0 aromatic heterocycles. The van der Waals surface area contributed by atoms with Crippen molar-refractivity contribution in [2.24, 2.45) is 5.92 Å². The average molecular weight is 475 g/mol. The van der Waals surface area contributed by atoms with Gasteiger partial charge in [0.15, 0.2) is 0 Å². The fraction of sp³-hybridized carbons (Fsp3) is 0.417. The zero-order valence-corrected chi connectivity index (χ0v) is 20.2. The molecule has 1 saturated heterocycles. The molecule has 1 aliphatic rings. The molecule has 178 valence electrons. The third kappa shape index (κ3) is 5.04. The molecule has 0 radical (unpaired) electrons. The Bertz CT molecular complexity index is 1110. The molecule has 1 atom stereocenters. The summed E-state index contributed by atoms with van der Waals surface area (Å²) >= 11 is 0. The molecule has 0 bridgehead atoms. The molecule has 2 aromatic carbocycles. The smallest absolute Gasteiger partial charge is 0.339 e. The number of carbonyl (C=O) groups is 2. The molecule has 0 spiro atoms. The number of esters is 1. The zero-order valence-electron chi connectivity index (χ0n) is 19.4. The molecule has 0 saturated carbocycles. The molecule has 0 N–H and O–H groups in total. The number of nitrogens with zero attached hydrogens (tertiary/aromatic N) is 2. The Morgan fingerprint density at radius 3 is 2.27 bits per heavy atom. The predicted octanol–water partition coefficient (Wildman–Crippen LogP) is 3.10. The number of sulfonamides is 1. The van der Waals surface area contributed by atoms with Crippen molar-refractivity contribution in [1.82, 2.24) is 9.21 Å². The van der Waals surface area contributed by atoms with Gasteiger partial charge in [0.2, 0.25) is 15.9 Å². The van der Waals surface area contributed by atoms with Crippen LogP contribution in [-0.2, 0) is 19.6 Å². The number of piperidine rings is 1. The van der Waals surface area contributed by atoms with Gasteiger partial charge in [0.1, 0.15) is 5.75 Å². The van der Waals surface area contributed by atoms with Crippen molar-refractivity contribution in [3.8, 4) is 5.75 Å². The molecule has 9 heteroatoms. The van der Waals surface area contributed by atoms with Crippen molar-refractivity contribution in [2.75, 3.05) is 34.4 Å². The van der Waals surface area contributed by atoms with E-state index in [4.69, 9.17) is 9.47 Å². The third-order valence-corrected chi connectivity index (χ3v) is 8.19. The first-order valence-corrected chi connectivity index (χ1v) is 12.2. The van der Waals surface area contributed by atoms with Gasteiger partial charge >= 0.3 is 5.97 Å². The molecular weight excluding hydrogens is 444 g/mol. The number of ether oxygens (including phenoxy) is 2. The summed E-state index contributed by atoms with van der Waals surface area (Å²) in [5.74, 6) is -0.295. The summed E-state index contributed by atoms with van der Waals surface area (Å²) in [6, 6.07) is 13.4. The Morgan fingerprint density at radius 2 is 1.64 bits per heavy atom. The zero-order chi connectivity index (χ0) is 24.2. The van der Waals surface area contributed by atoms with Gasteiger partial charge in [0.25, 0.3) is 0 Å². The maximum atomic E-state index is 13.2. The van der Waals surface area contributed by atoms with Crippen LogP contribution in [0.15, 0.2) is 53.4 Å². The van der Waals surface area contributed by atoms with E-state index in [9.17, 15) is 18.0 Å². The van der Waals surface area contributed by atoms with E-state index in [0.717, 1.165) is 11.3 Å². The number of hydrogen-bond donors (Lipinski definition) is 0. The largest absolute Gasteiger partial charge is 0.496 e. The number of benzene rings is 2. The number of amides is 1. The van der Waals surface area contributed by atoms with E-state index in [1.165, 1.54) is 23.5 Å². The molecule has 1 heterocycles. The highest BCUT2D eigenvalue weighted by Crippen LogP contribution is 2.32. The Balaban J connectivity index is 1.71. The summed E-state index contributed by atoms with van der Waals surface area (Å²) < 4.78 is 37.9. The number of rotatable bonds is 7. The Kier molecular flexibility index (Phi) is 7.76. The van der Waals surface area contributed by atoms with Crippen LogP contribution in [0.5, 0.6) is 5.75 Å². The van der Waals surface area contributed by atoms with E-state index in [1.807, 2.05) is 31.2 Å². The van der Waals surface area contributed by atoms with Crippen LogP contribution >= 0.6 is 0 Å². The lowest BCUT2D eigenvalue weighted by Gasteiger charge is -2.35. The highest BCUT2D eigenvalue weighted by Gasteiger charge is 2.36. The predicted molar refractivity (Wildman–Crippen MR) is 123 cm³/mol. The van der Waals surface area contributed by atoms with Crippen LogP contribution in [0.25, 0.3) is 0 Å². The van der Waals surface area contributed by atoms with Gasteiger partial charge in [0.05, 0.1) is 30.7 Å². The monoisotopic (exact) mass is 474 g/mol. The van der Waals surface area contributed by atoms with Crippen molar-refractivity contribution in [2.45, 2.75) is 30.7 Å². The maximum Gasteiger partial charge on any atom is 0.339 e. The fourth-order valence-corrected chi connectivity index (χ4v) is 5.80. The summed E-state index contributed by atoms with van der Waals surface area (Å²) in [4.78, 5) is 26.8. The SMILES string of the molecule is COC(=O)c1ccccc1S(=O)(=O)N1CCC(C(=O)N(C)C(C)c2ccccc2OC)CC1. The number of para-hydroxylation sites is 1. The molecule has 3 rings (SSSR count). The highest BCUT2D eigenvalue weighted by atomic mass is 32.2. The second-order valence-corrected chi connectivity index (χ2v) is 9.94. The first kappa shape index (κ1) is 24.7. The normalized spacial score (nSPS) is 16.1. The molecule has 33 heavy (non-hydrogen) atoms. The summed E-state index contributed by atoms with van der Waals surface area (Å²) in [5.41, 5.74) is 0.916. The molecule has 1 fully saturated rings. The van der Waals surface area contributed by atoms with Gasteiger partial charge in [-0.15, -0.1) is 0 Å². The van der Waals surface area contributed by atoms with E-state index in [0.29, 0.717) is 12.8 Å². The van der Waals surface area contributed by atoms with Crippen LogP contribution in [0.1, 0.15) is 41.7 Å². The van der Waals surface area contributed by atoms with Crippen LogP contribution in [0.3, 0.4) is 0 Å². The molecular formula is C24H30N2O6S. The number of methoxy groups -OCH3 is 2. The molecule has 1 unspecified atom stereocenters. The second-order valence-electron chi connectivity index (χ2n) is 8.03. The van der Waals surface area contributed by atoms with E-state index in [1.54, 1.807) is 31.2 Å². The van der Waals surface area contributed by atoms with Gasteiger partial charge in [-0.1, -0.05) is 30.3 Å². The van der Waals surface area contributed by atoms with Crippen molar-refractivity contribution < 1.29 is 27.5 Å². The summed E-state index contributed by atoms with van der Waals surface area (Å²) in [6.45, 7) is 2.34. The summed E-state index contributed by atoms with van der Waals surface area (Å²) in [6.07, 6.45) is 0.808. The number of carbonyl (C=O) groups excluding carboxylic acids is 2. The lowest BCUT2D eigenvalue weighted by molar-refractivity contribution is -0.137. The second kappa shape index (κ2) is 10.4. The minimum Gasteiger partial charge on any atom is -0.496 e. The average Bonchev–Trinajstić information content (AvgIpc) is 2.86. The van der Waals surface area contributed by atoms with Gasteiger partial charge in [0, 0.05) is 31.6 Å². The molecule has 1 aliphatic heterocycles. The van der Waals surface area contributed by atoms with Crippen LogP contribution in [0.2, 0.25) is 0 Å². The Labute approximate surface area is 195 Å². The Morgan fingerprint density at radius 1 is 1.03 bits per heavy atom. The van der Waals surface area contributed by atoms with Gasteiger partial charge in [-0.3, -0.25) is 4.79 Å². The van der Waals surface area contributed by atoms with E-state index >= 15 is 0 Å². The number of hydrogen-bond acceptors (Lipinski definition) is 6. The molecule has 0 aliphatic carbocycles. The van der Waals surface area contributed by atoms with Gasteiger partial charge < -0.3 is 14.4 Å². The van der Waals surface area contributed by atoms with Crippen molar-refractivity contribution in [1.29, 1.82) is 0 Å². The summed E-state index contributed by atoms with van der Waals surface area (Å²) in [5, 5.41) is 0. The highest BCUT2D eigenvalue weighted by molar-refractivity contribution is 7.89. The quantitative estimate of drug-likeness (QED) is 0.573. The Hall–Kier alpha value is -2.91. The van der Waals surface area contributed by atoms with Gasteiger partial charge in [-0.2, -0.15) is 4.31 Å². The standard InChI is InChI=1S/C24H30N2O6S/c1-17(19-9-5-7-11-21(19)31-3)25(2)23(27)18-13-15-26(16-14-18)33(29,30)22-12-8-6-10-20(22)24(28)32-4/h5-12,17-18H,13-16H2,1-4H3. The van der Waals surface area contributed by atoms with Gasteiger partial charge in [-0.05, 0) is 38.0 Å². The first-order chi connectivity index (χ1) is 15.7. The van der Waals surface area contributed by atoms with E-state index < -0.39 is 16.0 Å².